The molecule has 0 aliphatic carbocycles. The van der Waals surface area contributed by atoms with Crippen molar-refractivity contribution in [2.24, 2.45) is 0 Å². The number of hydrogen-bond acceptors (Lipinski definition) is 7. The molecule has 0 amide bonds. The quantitative estimate of drug-likeness (QED) is 0.920. The molecule has 25 heavy (non-hydrogen) atoms. The van der Waals surface area contributed by atoms with Crippen molar-refractivity contribution < 1.29 is 0 Å². The molecule has 0 spiro atoms. The second-order valence-electron chi connectivity index (χ2n) is 6.57. The van der Waals surface area contributed by atoms with E-state index in [1.165, 1.54) is 0 Å². The molecular formula is C18H23N7. The second-order valence-corrected chi connectivity index (χ2v) is 6.57. The fraction of sp³-hybridized carbons (Fsp3) is 0.500. The van der Waals surface area contributed by atoms with E-state index < -0.39 is 0 Å². The van der Waals surface area contributed by atoms with Crippen LogP contribution in [-0.4, -0.2) is 39.3 Å². The van der Waals surface area contributed by atoms with Gasteiger partial charge in [-0.05, 0) is 46.1 Å². The van der Waals surface area contributed by atoms with Crippen molar-refractivity contribution >= 4 is 11.6 Å². The van der Waals surface area contributed by atoms with E-state index in [9.17, 15) is 5.26 Å². The Morgan fingerprint density at radius 2 is 1.84 bits per heavy atom. The molecule has 0 radical (unpaired) electrons. The summed E-state index contributed by atoms with van der Waals surface area (Å²) in [6.45, 7) is 9.52. The van der Waals surface area contributed by atoms with Gasteiger partial charge in [-0.1, -0.05) is 0 Å². The molecule has 2 aromatic heterocycles. The second kappa shape index (κ2) is 7.01. The van der Waals surface area contributed by atoms with E-state index in [1.807, 2.05) is 33.8 Å². The third-order valence-electron chi connectivity index (χ3n) is 4.68. The molecule has 3 heterocycles. The molecule has 2 aromatic rings. The van der Waals surface area contributed by atoms with Gasteiger partial charge in [0.15, 0.2) is 5.82 Å². The highest BCUT2D eigenvalue weighted by Gasteiger charge is 2.22. The van der Waals surface area contributed by atoms with Crippen LogP contribution in [0.2, 0.25) is 0 Å². The van der Waals surface area contributed by atoms with Crippen LogP contribution in [0.1, 0.15) is 41.2 Å². The van der Waals surface area contributed by atoms with Crippen LogP contribution in [-0.2, 0) is 0 Å². The lowest BCUT2D eigenvalue weighted by Gasteiger charge is -2.33. The van der Waals surface area contributed by atoms with E-state index in [-0.39, 0.29) is 6.04 Å². The number of nitriles is 1. The minimum atomic E-state index is 0.281. The van der Waals surface area contributed by atoms with Crippen LogP contribution in [0.25, 0.3) is 0 Å². The first-order valence-corrected chi connectivity index (χ1v) is 8.55. The van der Waals surface area contributed by atoms with Gasteiger partial charge in [-0.3, -0.25) is 0 Å². The summed E-state index contributed by atoms with van der Waals surface area (Å²) in [6.07, 6.45) is 1.92. The number of anilines is 2. The average molecular weight is 337 g/mol. The number of aromatic nitrogens is 4. The predicted octanol–water partition coefficient (Wildman–Crippen LogP) is 2.45. The van der Waals surface area contributed by atoms with Crippen LogP contribution >= 0.6 is 0 Å². The fourth-order valence-electron chi connectivity index (χ4n) is 3.15. The molecule has 1 fully saturated rings. The third kappa shape index (κ3) is 3.68. The number of piperidine rings is 1. The predicted molar refractivity (Wildman–Crippen MR) is 96.6 cm³/mol. The lowest BCUT2D eigenvalue weighted by molar-refractivity contribution is 0.521. The van der Waals surface area contributed by atoms with Crippen LogP contribution in [0, 0.1) is 39.0 Å². The number of hydrogen-bond donors (Lipinski definition) is 1. The molecule has 7 heteroatoms. The Morgan fingerprint density at radius 3 is 2.48 bits per heavy atom. The SMILES string of the molecule is Cc1cc(N2CCC(Nc3nnc(C)c(C)c3C#N)CC2)nc(C)n1. The average Bonchev–Trinajstić information content (AvgIpc) is 2.58. The highest BCUT2D eigenvalue weighted by molar-refractivity contribution is 5.56. The first-order valence-electron chi connectivity index (χ1n) is 8.55. The van der Waals surface area contributed by atoms with Gasteiger partial charge in [-0.25, -0.2) is 9.97 Å². The fourth-order valence-corrected chi connectivity index (χ4v) is 3.15. The molecule has 7 nitrogen and oxygen atoms in total. The maximum absolute atomic E-state index is 9.42. The molecule has 0 unspecified atom stereocenters. The lowest BCUT2D eigenvalue weighted by Crippen LogP contribution is -2.40. The van der Waals surface area contributed by atoms with Crippen molar-refractivity contribution in [2.45, 2.75) is 46.6 Å². The van der Waals surface area contributed by atoms with Crippen molar-refractivity contribution in [3.05, 3.63) is 34.4 Å². The van der Waals surface area contributed by atoms with E-state index in [2.05, 4.69) is 36.5 Å². The van der Waals surface area contributed by atoms with Crippen molar-refractivity contribution in [1.29, 1.82) is 5.26 Å². The normalized spacial score (nSPS) is 15.1. The van der Waals surface area contributed by atoms with Gasteiger partial charge in [-0.15, -0.1) is 5.10 Å². The van der Waals surface area contributed by atoms with E-state index in [1.54, 1.807) is 0 Å². The molecule has 1 aliphatic heterocycles. The molecule has 130 valence electrons. The van der Waals surface area contributed by atoms with Crippen molar-refractivity contribution in [3.8, 4) is 6.07 Å². The van der Waals surface area contributed by atoms with Gasteiger partial charge >= 0.3 is 0 Å². The van der Waals surface area contributed by atoms with Crippen molar-refractivity contribution in [3.63, 3.8) is 0 Å². The number of nitrogens with zero attached hydrogens (tertiary/aromatic N) is 6. The Balaban J connectivity index is 1.67. The smallest absolute Gasteiger partial charge is 0.167 e. The van der Waals surface area contributed by atoms with Crippen LogP contribution < -0.4 is 10.2 Å². The third-order valence-corrected chi connectivity index (χ3v) is 4.68. The number of rotatable bonds is 3. The summed E-state index contributed by atoms with van der Waals surface area (Å²) in [4.78, 5) is 11.2. The minimum Gasteiger partial charge on any atom is -0.365 e. The molecule has 1 N–H and O–H groups in total. The summed E-state index contributed by atoms with van der Waals surface area (Å²) in [5, 5.41) is 21.2. The van der Waals surface area contributed by atoms with Gasteiger partial charge in [0, 0.05) is 30.9 Å². The maximum Gasteiger partial charge on any atom is 0.167 e. The Bertz CT molecular complexity index is 797. The first kappa shape index (κ1) is 17.1. The van der Waals surface area contributed by atoms with Gasteiger partial charge in [0.2, 0.25) is 0 Å². The molecule has 0 aromatic carbocycles. The molecule has 0 bridgehead atoms. The van der Waals surface area contributed by atoms with Crippen molar-refractivity contribution in [2.75, 3.05) is 23.3 Å². The monoisotopic (exact) mass is 337 g/mol. The molecule has 0 saturated carbocycles. The van der Waals surface area contributed by atoms with Crippen LogP contribution in [0.5, 0.6) is 0 Å². The summed E-state index contributed by atoms with van der Waals surface area (Å²) < 4.78 is 0. The van der Waals surface area contributed by atoms with Crippen LogP contribution in [0.4, 0.5) is 11.6 Å². The van der Waals surface area contributed by atoms with Gasteiger partial charge in [0.05, 0.1) is 5.69 Å². The summed E-state index contributed by atoms with van der Waals surface area (Å²) in [5.41, 5.74) is 3.28. The highest BCUT2D eigenvalue weighted by Crippen LogP contribution is 2.23. The van der Waals surface area contributed by atoms with Gasteiger partial charge in [-0.2, -0.15) is 10.4 Å². The van der Waals surface area contributed by atoms with E-state index in [0.29, 0.717) is 11.4 Å². The zero-order valence-corrected chi connectivity index (χ0v) is 15.2. The standard InChI is InChI=1S/C18H23N7/c1-11-9-17(21-14(4)20-11)25-7-5-15(6-8-25)22-18-16(10-19)12(2)13(3)23-24-18/h9,15H,5-8H2,1-4H3,(H,22,24). The highest BCUT2D eigenvalue weighted by atomic mass is 15.2. The van der Waals surface area contributed by atoms with E-state index >= 15 is 0 Å². The van der Waals surface area contributed by atoms with Gasteiger partial charge < -0.3 is 10.2 Å². The Hall–Kier alpha value is -2.75. The summed E-state index contributed by atoms with van der Waals surface area (Å²) >= 11 is 0. The summed E-state index contributed by atoms with van der Waals surface area (Å²) in [5.74, 6) is 2.39. The van der Waals surface area contributed by atoms with Crippen molar-refractivity contribution in [1.82, 2.24) is 20.2 Å². The molecular weight excluding hydrogens is 314 g/mol. The molecule has 0 atom stereocenters. The largest absolute Gasteiger partial charge is 0.365 e. The van der Waals surface area contributed by atoms with Gasteiger partial charge in [0.1, 0.15) is 23.3 Å². The Kier molecular flexibility index (Phi) is 4.79. The summed E-state index contributed by atoms with van der Waals surface area (Å²) in [6, 6.07) is 4.56. The first-order chi connectivity index (χ1) is 12.0. The zero-order valence-electron chi connectivity index (χ0n) is 15.2. The molecule has 1 aliphatic rings. The molecule has 3 rings (SSSR count). The van der Waals surface area contributed by atoms with E-state index in [0.717, 1.165) is 54.5 Å². The van der Waals surface area contributed by atoms with E-state index in [4.69, 9.17) is 0 Å². The topological polar surface area (TPSA) is 90.6 Å². The maximum atomic E-state index is 9.42. The van der Waals surface area contributed by atoms with Crippen LogP contribution in [0.15, 0.2) is 6.07 Å². The number of aryl methyl sites for hydroxylation is 3. The minimum absolute atomic E-state index is 0.281. The van der Waals surface area contributed by atoms with Gasteiger partial charge in [0.25, 0.3) is 0 Å². The Morgan fingerprint density at radius 1 is 1.12 bits per heavy atom. The lowest BCUT2D eigenvalue weighted by atomic mass is 10.0. The van der Waals surface area contributed by atoms with Crippen LogP contribution in [0.3, 0.4) is 0 Å². The number of nitrogens with one attached hydrogen (secondary N) is 1. The Labute approximate surface area is 148 Å². The zero-order chi connectivity index (χ0) is 18.0. The summed E-state index contributed by atoms with van der Waals surface area (Å²) in [7, 11) is 0. The molecule has 1 saturated heterocycles.